The van der Waals surface area contributed by atoms with E-state index in [1.165, 1.54) is 6.07 Å². The Kier molecular flexibility index (Phi) is 5.72. The van der Waals surface area contributed by atoms with E-state index in [0.717, 1.165) is 10.5 Å². The van der Waals surface area contributed by atoms with Crippen molar-refractivity contribution in [1.29, 1.82) is 0 Å². The topological polar surface area (TPSA) is 111 Å². The van der Waals surface area contributed by atoms with Crippen LogP contribution in [0.3, 0.4) is 0 Å². The highest BCUT2D eigenvalue weighted by molar-refractivity contribution is 5.91. The lowest BCUT2D eigenvalue weighted by Crippen LogP contribution is -2.34. The second-order valence-corrected chi connectivity index (χ2v) is 4.86. The van der Waals surface area contributed by atoms with E-state index in [-0.39, 0.29) is 30.6 Å². The van der Waals surface area contributed by atoms with E-state index in [4.69, 9.17) is 4.74 Å². The number of benzene rings is 1. The van der Waals surface area contributed by atoms with E-state index in [9.17, 15) is 19.2 Å². The van der Waals surface area contributed by atoms with Gasteiger partial charge in [0.25, 0.3) is 0 Å². The third-order valence-electron chi connectivity index (χ3n) is 3.08. The molecule has 0 unspecified atom stereocenters. The molecule has 0 spiro atoms. The van der Waals surface area contributed by atoms with E-state index >= 15 is 0 Å². The molecule has 1 N–H and O–H groups in total. The first-order valence-electron chi connectivity index (χ1n) is 7.14. The van der Waals surface area contributed by atoms with Crippen LogP contribution in [0, 0.1) is 6.92 Å². The molecule has 1 aromatic rings. The third-order valence-corrected chi connectivity index (χ3v) is 3.08. The van der Waals surface area contributed by atoms with Gasteiger partial charge in [-0.15, -0.1) is 0 Å². The van der Waals surface area contributed by atoms with Crippen molar-refractivity contribution in [2.24, 2.45) is 0 Å². The molecule has 1 aromatic carbocycles. The number of ether oxygens (including phenoxy) is 3. The summed E-state index contributed by atoms with van der Waals surface area (Å²) in [6.07, 6.45) is -1.28. The van der Waals surface area contributed by atoms with Gasteiger partial charge in [-0.1, -0.05) is 11.6 Å². The molecule has 2 saturated heterocycles. The number of aryl methyl sites for hydroxylation is 1. The van der Waals surface area contributed by atoms with Gasteiger partial charge in [-0.25, -0.2) is 19.3 Å². The summed E-state index contributed by atoms with van der Waals surface area (Å²) < 4.78 is 14.0. The van der Waals surface area contributed by atoms with Crippen LogP contribution in [-0.4, -0.2) is 55.8 Å². The van der Waals surface area contributed by atoms with Crippen molar-refractivity contribution in [3.63, 3.8) is 0 Å². The highest BCUT2D eigenvalue weighted by Crippen LogP contribution is 2.19. The van der Waals surface area contributed by atoms with Crippen LogP contribution >= 0.6 is 0 Å². The third kappa shape index (κ3) is 4.45. The van der Waals surface area contributed by atoms with Gasteiger partial charge in [0.2, 0.25) is 0 Å². The van der Waals surface area contributed by atoms with Gasteiger partial charge in [-0.2, -0.15) is 0 Å². The van der Waals surface area contributed by atoms with Crippen molar-refractivity contribution in [2.75, 3.05) is 26.3 Å². The Balaban J connectivity index is 0.000000292. The van der Waals surface area contributed by atoms with E-state index in [0.29, 0.717) is 19.4 Å². The molecule has 3 rings (SSSR count). The van der Waals surface area contributed by atoms with Crippen LogP contribution in [0.4, 0.5) is 14.4 Å². The van der Waals surface area contributed by atoms with Crippen LogP contribution < -0.4 is 10.1 Å². The van der Waals surface area contributed by atoms with Gasteiger partial charge in [0, 0.05) is 0 Å². The van der Waals surface area contributed by atoms with Gasteiger partial charge in [0.1, 0.15) is 19.0 Å². The number of amides is 3. The number of aldehydes is 1. The monoisotopic (exact) mass is 336 g/mol. The van der Waals surface area contributed by atoms with Gasteiger partial charge in [0.15, 0.2) is 6.29 Å². The summed E-state index contributed by atoms with van der Waals surface area (Å²) >= 11 is 0. The predicted octanol–water partition coefficient (Wildman–Crippen LogP) is 1.48. The number of carbonyl (C=O) groups excluding carboxylic acids is 4. The number of rotatable bonds is 2. The lowest BCUT2D eigenvalue weighted by Gasteiger charge is -2.12. The summed E-state index contributed by atoms with van der Waals surface area (Å²) in [5, 5.41) is 2.46. The Labute approximate surface area is 137 Å². The molecule has 2 heterocycles. The summed E-state index contributed by atoms with van der Waals surface area (Å²) in [5.41, 5.74) is 1.13. The van der Waals surface area contributed by atoms with Crippen molar-refractivity contribution in [1.82, 2.24) is 10.2 Å². The number of cyclic esters (lactones) is 2. The molecule has 24 heavy (non-hydrogen) atoms. The molecule has 3 amide bonds. The lowest BCUT2D eigenvalue weighted by molar-refractivity contribution is 0.112. The van der Waals surface area contributed by atoms with Crippen molar-refractivity contribution in [2.45, 2.75) is 6.92 Å². The molecule has 9 heteroatoms. The number of nitrogens with zero attached hydrogens (tertiary/aromatic N) is 1. The summed E-state index contributed by atoms with van der Waals surface area (Å²) in [5.74, 6) is 0.125. The summed E-state index contributed by atoms with van der Waals surface area (Å²) in [6, 6.07) is 4.81. The number of imide groups is 1. The minimum atomic E-state index is -0.843. The number of alkyl carbamates (subject to hydrolysis) is 1. The number of carbonyl (C=O) groups is 4. The molecule has 0 bridgehead atoms. The van der Waals surface area contributed by atoms with E-state index in [1.54, 1.807) is 12.1 Å². The maximum atomic E-state index is 11.7. The first-order chi connectivity index (χ1) is 11.5. The number of nitrogens with one attached hydrogen (secondary N) is 1. The highest BCUT2D eigenvalue weighted by atomic mass is 16.6. The van der Waals surface area contributed by atoms with E-state index in [2.05, 4.69) is 14.8 Å². The fraction of sp³-hybridized carbons (Fsp3) is 0.333. The maximum Gasteiger partial charge on any atom is 0.424 e. The van der Waals surface area contributed by atoms with Gasteiger partial charge in [0.05, 0.1) is 18.7 Å². The average Bonchev–Trinajstić information content (AvgIpc) is 3.20. The normalized spacial score (nSPS) is 15.6. The molecule has 0 atom stereocenters. The van der Waals surface area contributed by atoms with Gasteiger partial charge in [-0.3, -0.25) is 4.79 Å². The Bertz CT molecular complexity index is 651. The van der Waals surface area contributed by atoms with Crippen LogP contribution in [-0.2, 0) is 9.47 Å². The molecule has 0 radical (unpaired) electrons. The van der Waals surface area contributed by atoms with Crippen LogP contribution in [0.25, 0.3) is 0 Å². The summed E-state index contributed by atoms with van der Waals surface area (Å²) in [7, 11) is 0. The minimum absolute atomic E-state index is 0.125. The Morgan fingerprint density at radius 3 is 2.58 bits per heavy atom. The SMILES string of the molecule is Cc1ccc(OC(=O)N2CCOC2=O)c(C=O)c1.O=C1NCCO1. The van der Waals surface area contributed by atoms with E-state index < -0.39 is 12.2 Å². The fourth-order valence-electron chi connectivity index (χ4n) is 1.91. The number of hydrogen-bond donors (Lipinski definition) is 1. The Hall–Kier alpha value is -3.10. The maximum absolute atomic E-state index is 11.7. The van der Waals surface area contributed by atoms with Crippen molar-refractivity contribution in [3.05, 3.63) is 29.3 Å². The molecule has 9 nitrogen and oxygen atoms in total. The van der Waals surface area contributed by atoms with Gasteiger partial charge >= 0.3 is 18.3 Å². The summed E-state index contributed by atoms with van der Waals surface area (Å²) in [4.78, 5) is 44.4. The summed E-state index contributed by atoms with van der Waals surface area (Å²) in [6.45, 7) is 3.32. The molecule has 2 fully saturated rings. The van der Waals surface area contributed by atoms with Gasteiger partial charge in [-0.05, 0) is 19.1 Å². The average molecular weight is 336 g/mol. The quantitative estimate of drug-likeness (QED) is 0.814. The fourth-order valence-corrected chi connectivity index (χ4v) is 1.91. The van der Waals surface area contributed by atoms with E-state index in [1.807, 2.05) is 6.92 Å². The van der Waals surface area contributed by atoms with Crippen LogP contribution in [0.5, 0.6) is 5.75 Å². The first kappa shape index (κ1) is 17.3. The molecule has 128 valence electrons. The number of hydrogen-bond acceptors (Lipinski definition) is 7. The molecule has 0 aromatic heterocycles. The smallest absolute Gasteiger partial charge is 0.424 e. The Morgan fingerprint density at radius 2 is 2.08 bits per heavy atom. The van der Waals surface area contributed by atoms with Crippen LogP contribution in [0.2, 0.25) is 0 Å². The molecule has 0 aliphatic carbocycles. The zero-order chi connectivity index (χ0) is 17.5. The van der Waals surface area contributed by atoms with Crippen LogP contribution in [0.1, 0.15) is 15.9 Å². The highest BCUT2D eigenvalue weighted by Gasteiger charge is 2.30. The molecule has 0 saturated carbocycles. The zero-order valence-corrected chi connectivity index (χ0v) is 12.9. The molecule has 2 aliphatic rings. The zero-order valence-electron chi connectivity index (χ0n) is 12.9. The predicted molar refractivity (Wildman–Crippen MR) is 80.0 cm³/mol. The minimum Gasteiger partial charge on any atom is -0.448 e. The van der Waals surface area contributed by atoms with Gasteiger partial charge < -0.3 is 19.5 Å². The van der Waals surface area contributed by atoms with Crippen LogP contribution in [0.15, 0.2) is 18.2 Å². The second kappa shape index (κ2) is 7.95. The second-order valence-electron chi connectivity index (χ2n) is 4.86. The Morgan fingerprint density at radius 1 is 1.29 bits per heavy atom. The first-order valence-corrected chi connectivity index (χ1v) is 7.14. The van der Waals surface area contributed by atoms with Crippen molar-refractivity contribution < 1.29 is 33.4 Å². The standard InChI is InChI=1S/C12H11NO5.C3H5NO2/c1-8-2-3-10(9(6-8)7-14)18-12(16)13-4-5-17-11(13)15;5-3-4-1-2-6-3/h2-3,6-7H,4-5H2,1H3;1-2H2,(H,4,5). The lowest BCUT2D eigenvalue weighted by atomic mass is 10.1. The molecular weight excluding hydrogens is 320 g/mol. The molecule has 2 aliphatic heterocycles. The largest absolute Gasteiger partial charge is 0.448 e. The van der Waals surface area contributed by atoms with Crippen molar-refractivity contribution in [3.8, 4) is 5.75 Å². The van der Waals surface area contributed by atoms with Crippen molar-refractivity contribution >= 4 is 24.6 Å². The molecular formula is C15H16N2O7.